The van der Waals surface area contributed by atoms with Crippen molar-refractivity contribution in [1.29, 1.82) is 0 Å². The molecule has 126 valence electrons. The first-order chi connectivity index (χ1) is 11.5. The van der Waals surface area contributed by atoms with Crippen LogP contribution < -0.4 is 0 Å². The van der Waals surface area contributed by atoms with E-state index in [1.54, 1.807) is 18.2 Å². The van der Waals surface area contributed by atoms with Crippen molar-refractivity contribution in [2.75, 3.05) is 0 Å². The molecule has 4 nitrogen and oxygen atoms in total. The maximum absolute atomic E-state index is 13.0. The second-order valence-electron chi connectivity index (χ2n) is 6.88. The third-order valence-electron chi connectivity index (χ3n) is 5.16. The summed E-state index contributed by atoms with van der Waals surface area (Å²) in [5, 5.41) is 5.47. The maximum Gasteiger partial charge on any atom is 0.254 e. The Morgan fingerprint density at radius 3 is 2.25 bits per heavy atom. The van der Waals surface area contributed by atoms with Crippen LogP contribution in [0.4, 0.5) is 0 Å². The molecule has 0 aliphatic carbocycles. The Morgan fingerprint density at radius 1 is 1.08 bits per heavy atom. The van der Waals surface area contributed by atoms with E-state index < -0.39 is 0 Å². The first-order valence-electron chi connectivity index (χ1n) is 8.31. The molecule has 6 heteroatoms. The van der Waals surface area contributed by atoms with Crippen molar-refractivity contribution in [2.45, 2.75) is 50.7 Å². The van der Waals surface area contributed by atoms with Crippen LogP contribution in [-0.2, 0) is 0 Å². The van der Waals surface area contributed by atoms with Gasteiger partial charge in [-0.25, -0.2) is 0 Å². The second-order valence-corrected chi connectivity index (χ2v) is 7.75. The number of carbonyl (C=O) groups excluding carboxylic acids is 1. The van der Waals surface area contributed by atoms with Gasteiger partial charge in [0.15, 0.2) is 0 Å². The number of amides is 1. The van der Waals surface area contributed by atoms with E-state index in [4.69, 9.17) is 23.2 Å². The summed E-state index contributed by atoms with van der Waals surface area (Å²) < 4.78 is 2.07. The van der Waals surface area contributed by atoms with Crippen molar-refractivity contribution in [3.63, 3.8) is 0 Å². The fraction of sp³-hybridized carbons (Fsp3) is 0.444. The largest absolute Gasteiger partial charge is 0.333 e. The summed E-state index contributed by atoms with van der Waals surface area (Å²) in [5.74, 6) is 0.0435. The number of piperidine rings is 1. The average Bonchev–Trinajstić information content (AvgIpc) is 3.07. The number of aryl methyl sites for hydroxylation is 1. The molecule has 2 saturated heterocycles. The maximum atomic E-state index is 13.0. The molecule has 2 unspecified atom stereocenters. The van der Waals surface area contributed by atoms with E-state index >= 15 is 0 Å². The number of rotatable bonds is 2. The molecule has 4 rings (SSSR count). The van der Waals surface area contributed by atoms with E-state index in [0.717, 1.165) is 25.7 Å². The van der Waals surface area contributed by atoms with Crippen LogP contribution in [0, 0.1) is 6.92 Å². The summed E-state index contributed by atoms with van der Waals surface area (Å²) in [7, 11) is 0. The molecule has 2 bridgehead atoms. The molecule has 2 aromatic rings. The van der Waals surface area contributed by atoms with Gasteiger partial charge in [0.2, 0.25) is 0 Å². The Kier molecular flexibility index (Phi) is 4.05. The van der Waals surface area contributed by atoms with E-state index in [2.05, 4.69) is 27.8 Å². The minimum atomic E-state index is 0.0435. The predicted octanol–water partition coefficient (Wildman–Crippen LogP) is 4.51. The standard InChI is InChI=1S/C18H19Cl2N3O/c1-11-9-21-22(10-11)17-7-15-2-3-16(8-17)23(15)18(24)12-4-13(19)6-14(20)5-12/h4-6,9-10,15-17H,2-3,7-8H2,1H3. The molecule has 2 atom stereocenters. The molecular formula is C18H19Cl2N3O. The van der Waals surface area contributed by atoms with Gasteiger partial charge in [-0.2, -0.15) is 5.10 Å². The van der Waals surface area contributed by atoms with Gasteiger partial charge in [0.1, 0.15) is 0 Å². The fourth-order valence-corrected chi connectivity index (χ4v) is 4.68. The number of halogens is 2. The van der Waals surface area contributed by atoms with Crippen molar-refractivity contribution in [1.82, 2.24) is 14.7 Å². The molecule has 0 saturated carbocycles. The molecule has 1 amide bonds. The van der Waals surface area contributed by atoms with Crippen LogP contribution in [0.1, 0.15) is 47.6 Å². The highest BCUT2D eigenvalue weighted by Crippen LogP contribution is 2.41. The monoisotopic (exact) mass is 363 g/mol. The number of hydrogen-bond donors (Lipinski definition) is 0. The van der Waals surface area contributed by atoms with Gasteiger partial charge < -0.3 is 4.90 Å². The van der Waals surface area contributed by atoms with Gasteiger partial charge in [-0.3, -0.25) is 9.48 Å². The van der Waals surface area contributed by atoms with Crippen molar-refractivity contribution in [3.8, 4) is 0 Å². The van der Waals surface area contributed by atoms with Gasteiger partial charge in [0, 0.05) is 33.9 Å². The highest BCUT2D eigenvalue weighted by atomic mass is 35.5. The summed E-state index contributed by atoms with van der Waals surface area (Å²) in [4.78, 5) is 15.0. The Labute approximate surface area is 151 Å². The van der Waals surface area contributed by atoms with Crippen molar-refractivity contribution in [3.05, 3.63) is 51.8 Å². The van der Waals surface area contributed by atoms with E-state index in [1.165, 1.54) is 5.56 Å². The number of nitrogens with zero attached hydrogens (tertiary/aromatic N) is 3. The molecule has 2 fully saturated rings. The number of carbonyl (C=O) groups is 1. The normalized spacial score (nSPS) is 26.0. The first kappa shape index (κ1) is 16.0. The minimum Gasteiger partial charge on any atom is -0.333 e. The van der Waals surface area contributed by atoms with Crippen LogP contribution in [-0.4, -0.2) is 32.7 Å². The zero-order valence-electron chi connectivity index (χ0n) is 13.5. The van der Waals surface area contributed by atoms with Crippen molar-refractivity contribution < 1.29 is 4.79 Å². The molecular weight excluding hydrogens is 345 g/mol. The molecule has 24 heavy (non-hydrogen) atoms. The lowest BCUT2D eigenvalue weighted by molar-refractivity contribution is 0.0524. The van der Waals surface area contributed by atoms with E-state index in [1.807, 2.05) is 6.20 Å². The minimum absolute atomic E-state index is 0.0435. The Bertz CT molecular complexity index is 754. The Hall–Kier alpha value is -1.52. The molecule has 3 heterocycles. The van der Waals surface area contributed by atoms with Crippen LogP contribution in [0.5, 0.6) is 0 Å². The van der Waals surface area contributed by atoms with Crippen molar-refractivity contribution >= 4 is 29.1 Å². The molecule has 2 aliphatic rings. The third-order valence-corrected chi connectivity index (χ3v) is 5.59. The fourth-order valence-electron chi connectivity index (χ4n) is 4.16. The quantitative estimate of drug-likeness (QED) is 0.787. The van der Waals surface area contributed by atoms with Crippen LogP contribution >= 0.6 is 23.2 Å². The topological polar surface area (TPSA) is 38.1 Å². The van der Waals surface area contributed by atoms with Gasteiger partial charge in [0.05, 0.1) is 12.2 Å². The van der Waals surface area contributed by atoms with E-state index in [-0.39, 0.29) is 18.0 Å². The molecule has 0 radical (unpaired) electrons. The summed E-state index contributed by atoms with van der Waals surface area (Å²) >= 11 is 12.1. The molecule has 0 N–H and O–H groups in total. The second kappa shape index (κ2) is 6.08. The third kappa shape index (κ3) is 2.82. The molecule has 0 spiro atoms. The average molecular weight is 364 g/mol. The van der Waals surface area contributed by atoms with Crippen molar-refractivity contribution in [2.24, 2.45) is 0 Å². The SMILES string of the molecule is Cc1cnn(C2CC3CCC(C2)N3C(=O)c2cc(Cl)cc(Cl)c2)c1. The summed E-state index contributed by atoms with van der Waals surface area (Å²) in [5.41, 5.74) is 1.76. The Morgan fingerprint density at radius 2 is 1.71 bits per heavy atom. The molecule has 1 aromatic carbocycles. The van der Waals surface area contributed by atoms with Crippen LogP contribution in [0.15, 0.2) is 30.6 Å². The van der Waals surface area contributed by atoms with Gasteiger partial charge in [-0.1, -0.05) is 23.2 Å². The van der Waals surface area contributed by atoms with Crippen LogP contribution in [0.3, 0.4) is 0 Å². The number of hydrogen-bond acceptors (Lipinski definition) is 2. The zero-order valence-corrected chi connectivity index (χ0v) is 15.0. The number of aromatic nitrogens is 2. The lowest BCUT2D eigenvalue weighted by Gasteiger charge is -2.39. The summed E-state index contributed by atoms with van der Waals surface area (Å²) in [6.45, 7) is 2.06. The number of benzene rings is 1. The van der Waals surface area contributed by atoms with Gasteiger partial charge in [-0.05, 0) is 56.4 Å². The smallest absolute Gasteiger partial charge is 0.254 e. The Balaban J connectivity index is 1.57. The number of fused-ring (bicyclic) bond motifs is 2. The van der Waals surface area contributed by atoms with E-state index in [9.17, 15) is 4.79 Å². The van der Waals surface area contributed by atoms with Gasteiger partial charge in [-0.15, -0.1) is 0 Å². The molecule has 2 aliphatic heterocycles. The summed E-state index contributed by atoms with van der Waals surface area (Å²) in [6.07, 6.45) is 8.02. The zero-order chi connectivity index (χ0) is 16.8. The predicted molar refractivity (Wildman–Crippen MR) is 94.7 cm³/mol. The van der Waals surface area contributed by atoms with Crippen LogP contribution in [0.2, 0.25) is 10.0 Å². The molecule has 1 aromatic heterocycles. The van der Waals surface area contributed by atoms with Gasteiger partial charge in [0.25, 0.3) is 5.91 Å². The lowest BCUT2D eigenvalue weighted by atomic mass is 9.96. The lowest BCUT2D eigenvalue weighted by Crippen LogP contribution is -2.47. The highest BCUT2D eigenvalue weighted by molar-refractivity contribution is 6.35. The van der Waals surface area contributed by atoms with Crippen LogP contribution in [0.25, 0.3) is 0 Å². The summed E-state index contributed by atoms with van der Waals surface area (Å²) in [6, 6.07) is 5.98. The first-order valence-corrected chi connectivity index (χ1v) is 9.06. The van der Waals surface area contributed by atoms with Gasteiger partial charge >= 0.3 is 0 Å². The van der Waals surface area contributed by atoms with E-state index in [0.29, 0.717) is 21.7 Å². The highest BCUT2D eigenvalue weighted by Gasteiger charge is 2.44.